The zero-order chi connectivity index (χ0) is 85.1. The second kappa shape index (κ2) is 30.7. The number of para-hydroxylation sites is 2. The first-order valence-electron chi connectivity index (χ1n) is 42.9. The van der Waals surface area contributed by atoms with Crippen molar-refractivity contribution < 1.29 is 18.9 Å². The van der Waals surface area contributed by atoms with Crippen LogP contribution in [0.15, 0.2) is 433 Å². The largest absolute Gasteiger partial charge is 0.488 e. The van der Waals surface area contributed by atoms with Crippen molar-refractivity contribution in [3.63, 3.8) is 0 Å². The molecule has 2 N–H and O–H groups in total. The topological polar surface area (TPSA) is 144 Å². The lowest BCUT2D eigenvalue weighted by Gasteiger charge is -2.30. The van der Waals surface area contributed by atoms with Crippen LogP contribution in [0.4, 0.5) is 0 Å². The molecule has 0 bridgehead atoms. The first-order valence-corrected chi connectivity index (χ1v) is 43.3. The molecule has 26 rings (SSSR count). The summed E-state index contributed by atoms with van der Waals surface area (Å²) in [6.07, 6.45) is 0. The summed E-state index contributed by atoms with van der Waals surface area (Å²) >= 11 is 6.19. The van der Waals surface area contributed by atoms with E-state index in [1.807, 2.05) is 115 Å². The summed E-state index contributed by atoms with van der Waals surface area (Å²) in [5, 5.41) is 24.2. The van der Waals surface area contributed by atoms with E-state index in [-0.39, 0.29) is 10.7 Å². The van der Waals surface area contributed by atoms with E-state index < -0.39 is 12.5 Å². The van der Waals surface area contributed by atoms with Gasteiger partial charge in [0.15, 0.2) is 29.1 Å². The molecule has 4 aromatic heterocycles. The van der Waals surface area contributed by atoms with E-state index in [9.17, 15) is 10.0 Å². The number of aromatic nitrogens is 6. The standard InChI is InChI=1S/C58H35N3O.C31H21BO2.C27H16ClN3O/c1-2-14-37(15-3-1)55-59-56(38-30-28-36(29-31-38)39-32-33-46-45-20-7-11-27-52(45)62-53(46)35-39)61-57(60-55)41-17-12-16-40(34-41)42-22-13-26-51-54(42)47-21-6-10-25-50(47)58(51)48-23-8-4-18-43(48)44-19-5-9-24-49(44)58;33-32(34)21-10-7-9-20(19-21)22-14-8-18-29-30(22)25-13-3-6-17-28(25)31(29)26-15-4-1-11-23(26)24-12-2-5-16-27(24)31;28-27-30-25(18-6-2-1-3-7-18)29-26(31-27)19-12-10-17(11-13-19)20-14-15-22-21-8-4-5-9-23(21)32-24(22)16-20/h1-35H;1-19,33-34H;1-16H. The van der Waals surface area contributed by atoms with Gasteiger partial charge in [-0.05, 0) is 193 Å². The van der Waals surface area contributed by atoms with Crippen LogP contribution in [0.1, 0.15) is 44.5 Å². The summed E-state index contributed by atoms with van der Waals surface area (Å²) < 4.78 is 12.2. The minimum absolute atomic E-state index is 0.174. The number of fused-ring (bicyclic) bond motifs is 26. The molecule has 18 aromatic carbocycles. The van der Waals surface area contributed by atoms with Crippen LogP contribution in [0, 0.1) is 0 Å². The van der Waals surface area contributed by atoms with Gasteiger partial charge in [-0.25, -0.2) is 19.9 Å². The molecule has 4 aliphatic rings. The van der Waals surface area contributed by atoms with Crippen molar-refractivity contribution in [3.05, 3.63) is 474 Å². The first kappa shape index (κ1) is 75.6. The predicted molar refractivity (Wildman–Crippen MR) is 517 cm³/mol. The molecule has 0 amide bonds. The van der Waals surface area contributed by atoms with Gasteiger partial charge < -0.3 is 18.9 Å². The molecule has 4 aliphatic carbocycles. The van der Waals surface area contributed by atoms with Gasteiger partial charge in [-0.3, -0.25) is 0 Å². The summed E-state index contributed by atoms with van der Waals surface area (Å²) in [5.74, 6) is 2.97. The fourth-order valence-corrected chi connectivity index (χ4v) is 20.6. The Hall–Kier alpha value is -16.1. The molecule has 4 heterocycles. The van der Waals surface area contributed by atoms with Gasteiger partial charge in [0.2, 0.25) is 5.28 Å². The van der Waals surface area contributed by atoms with E-state index in [1.54, 1.807) is 6.07 Å². The molecule has 22 aromatic rings. The number of hydrogen-bond acceptors (Lipinski definition) is 10. The quantitative estimate of drug-likeness (QED) is 0.127. The van der Waals surface area contributed by atoms with Gasteiger partial charge in [0.05, 0.1) is 10.8 Å². The molecule has 128 heavy (non-hydrogen) atoms. The molecule has 10 nitrogen and oxygen atoms in total. The van der Waals surface area contributed by atoms with Gasteiger partial charge >= 0.3 is 7.12 Å². The Labute approximate surface area is 743 Å². The molecule has 0 aliphatic heterocycles. The molecular weight excluding hydrogens is 1590 g/mol. The Balaban J connectivity index is 0.000000117. The van der Waals surface area contributed by atoms with Gasteiger partial charge in [-0.1, -0.05) is 382 Å². The minimum atomic E-state index is -1.50. The highest BCUT2D eigenvalue weighted by Crippen LogP contribution is 2.66. The number of rotatable bonds is 10. The monoisotopic (exact) mass is 1660 g/mol. The second-order valence-electron chi connectivity index (χ2n) is 32.9. The number of furan rings is 2. The molecule has 0 saturated heterocycles. The first-order chi connectivity index (χ1) is 63.2. The highest BCUT2D eigenvalue weighted by Gasteiger charge is 2.54. The summed E-state index contributed by atoms with van der Waals surface area (Å²) in [5.41, 5.74) is 37.2. The maximum Gasteiger partial charge on any atom is 0.488 e. The summed E-state index contributed by atoms with van der Waals surface area (Å²) in [6, 6.07) is 148. The van der Waals surface area contributed by atoms with Crippen molar-refractivity contribution in [1.82, 2.24) is 29.9 Å². The van der Waals surface area contributed by atoms with Crippen LogP contribution in [0.5, 0.6) is 0 Å². The van der Waals surface area contributed by atoms with Crippen LogP contribution in [0.2, 0.25) is 5.28 Å². The number of hydrogen-bond donors (Lipinski definition) is 2. The maximum atomic E-state index is 9.79. The molecule has 0 saturated carbocycles. The fraction of sp³-hybridized carbons (Fsp3) is 0.0172. The third-order valence-electron chi connectivity index (χ3n) is 26.0. The maximum absolute atomic E-state index is 9.79. The Morgan fingerprint density at radius 2 is 0.484 bits per heavy atom. The van der Waals surface area contributed by atoms with E-state index >= 15 is 0 Å². The second-order valence-corrected chi connectivity index (χ2v) is 33.2. The molecular formula is C116H72BClN6O4. The van der Waals surface area contributed by atoms with Gasteiger partial charge in [0.1, 0.15) is 22.3 Å². The number of halogens is 1. The van der Waals surface area contributed by atoms with Crippen molar-refractivity contribution in [1.29, 1.82) is 0 Å². The smallest absolute Gasteiger partial charge is 0.456 e. The number of benzene rings is 18. The SMILES string of the molecule is Clc1nc(-c2ccccc2)nc(-c2ccc(-c3ccc4c(c3)oc3ccccc34)cc2)n1.OB(O)c1cccc(-c2cccc3c2-c2ccccc2C32c3ccccc3-c3ccccc32)c1.c1ccc(-c2nc(-c3ccc(-c4ccc5c(c4)oc4ccccc45)cc3)nc(-c3cccc(-c4cccc5c4-c4ccccc4C54c5ccccc5-c5ccccc54)c3)n2)cc1. The highest BCUT2D eigenvalue weighted by atomic mass is 35.5. The van der Waals surface area contributed by atoms with Gasteiger partial charge in [0.25, 0.3) is 0 Å². The molecule has 12 heteroatoms. The van der Waals surface area contributed by atoms with Crippen LogP contribution in [-0.4, -0.2) is 47.1 Å². The lowest BCUT2D eigenvalue weighted by atomic mass is 9.70. The van der Waals surface area contributed by atoms with E-state index in [1.165, 1.54) is 94.6 Å². The Morgan fingerprint density at radius 3 is 0.906 bits per heavy atom. The Morgan fingerprint density at radius 1 is 0.203 bits per heavy atom. The van der Waals surface area contributed by atoms with Crippen LogP contribution in [-0.2, 0) is 10.8 Å². The third-order valence-corrected chi connectivity index (χ3v) is 26.2. The summed E-state index contributed by atoms with van der Waals surface area (Å²) in [4.78, 5) is 28.6. The summed E-state index contributed by atoms with van der Waals surface area (Å²) in [6.45, 7) is 0. The molecule has 0 atom stereocenters. The van der Waals surface area contributed by atoms with Crippen molar-refractivity contribution >= 4 is 68.1 Å². The molecule has 600 valence electrons. The van der Waals surface area contributed by atoms with Crippen LogP contribution >= 0.6 is 11.6 Å². The zero-order valence-electron chi connectivity index (χ0n) is 68.8. The van der Waals surface area contributed by atoms with Crippen molar-refractivity contribution in [2.45, 2.75) is 10.8 Å². The van der Waals surface area contributed by atoms with Crippen molar-refractivity contribution in [2.24, 2.45) is 0 Å². The summed E-state index contributed by atoms with van der Waals surface area (Å²) in [7, 11) is -1.50. The zero-order valence-corrected chi connectivity index (χ0v) is 69.5. The van der Waals surface area contributed by atoms with E-state index in [4.69, 9.17) is 35.4 Å². The molecule has 0 radical (unpaired) electrons. The highest BCUT2D eigenvalue weighted by molar-refractivity contribution is 6.58. The number of nitrogens with zero attached hydrogens (tertiary/aromatic N) is 6. The fourth-order valence-electron chi connectivity index (χ4n) is 20.4. The van der Waals surface area contributed by atoms with Crippen LogP contribution < -0.4 is 5.46 Å². The molecule has 2 spiro atoms. The average molecular weight is 1660 g/mol. The van der Waals surface area contributed by atoms with E-state index in [0.717, 1.165) is 111 Å². The predicted octanol–water partition coefficient (Wildman–Crippen LogP) is 27.3. The average Bonchev–Trinajstić information content (AvgIpc) is 1.51. The van der Waals surface area contributed by atoms with Crippen molar-refractivity contribution in [3.8, 4) is 146 Å². The lowest BCUT2D eigenvalue weighted by Crippen LogP contribution is -2.29. The lowest BCUT2D eigenvalue weighted by molar-refractivity contribution is 0.426. The van der Waals surface area contributed by atoms with Crippen molar-refractivity contribution in [2.75, 3.05) is 0 Å². The van der Waals surface area contributed by atoms with Crippen LogP contribution in [0.25, 0.3) is 190 Å². The minimum Gasteiger partial charge on any atom is -0.456 e. The van der Waals surface area contributed by atoms with Gasteiger partial charge in [-0.2, -0.15) is 9.97 Å². The molecule has 0 fully saturated rings. The Bertz CT molecular complexity index is 8120. The third kappa shape index (κ3) is 12.3. The van der Waals surface area contributed by atoms with E-state index in [2.05, 4.69) is 318 Å². The molecule has 0 unspecified atom stereocenters. The Kier molecular flexibility index (Phi) is 18.1. The van der Waals surface area contributed by atoms with E-state index in [0.29, 0.717) is 34.6 Å². The van der Waals surface area contributed by atoms with Crippen LogP contribution in [0.3, 0.4) is 0 Å². The van der Waals surface area contributed by atoms with Gasteiger partial charge in [-0.15, -0.1) is 0 Å². The van der Waals surface area contributed by atoms with Gasteiger partial charge in [0, 0.05) is 49.4 Å². The normalized spacial score (nSPS) is 12.8.